The van der Waals surface area contributed by atoms with Crippen LogP contribution in [-0.4, -0.2) is 41.9 Å². The molecule has 0 radical (unpaired) electrons. The van der Waals surface area contributed by atoms with Crippen molar-refractivity contribution >= 4 is 27.9 Å². The molecule has 0 aliphatic carbocycles. The monoisotopic (exact) mass is 393 g/mol. The molecule has 2 unspecified atom stereocenters. The molecule has 2 atom stereocenters. The molecule has 0 amide bonds. The lowest BCUT2D eigenvalue weighted by Gasteiger charge is -2.43. The standard InChI is InChI=1S/C22H23N3O4/c26-20(27)11-13-2-4-18-15(10-13)21(28)16-12-14(3-5-19(16)29-18)17-6-9-25-8-1-7-23-22(25)24-17/h2-5,10,12,17,22-24H,1,6-9,11H2,(H,26,27). The average molecular weight is 393 g/mol. The van der Waals surface area contributed by atoms with Gasteiger partial charge in [-0.25, -0.2) is 0 Å². The lowest BCUT2D eigenvalue weighted by atomic mass is 9.98. The van der Waals surface area contributed by atoms with Crippen LogP contribution in [0.15, 0.2) is 45.6 Å². The quantitative estimate of drug-likeness (QED) is 0.587. The topological polar surface area (TPSA) is 94.8 Å². The van der Waals surface area contributed by atoms with Gasteiger partial charge in [0.25, 0.3) is 0 Å². The van der Waals surface area contributed by atoms with Gasteiger partial charge in [0.2, 0.25) is 5.43 Å². The first-order valence-electron chi connectivity index (χ1n) is 10.0. The molecule has 29 heavy (non-hydrogen) atoms. The smallest absolute Gasteiger partial charge is 0.307 e. The first-order chi connectivity index (χ1) is 14.1. The largest absolute Gasteiger partial charge is 0.481 e. The molecule has 1 aromatic heterocycles. The second-order valence-electron chi connectivity index (χ2n) is 7.84. The molecule has 7 nitrogen and oxygen atoms in total. The van der Waals surface area contributed by atoms with Gasteiger partial charge in [-0.2, -0.15) is 0 Å². The Morgan fingerprint density at radius 2 is 1.93 bits per heavy atom. The molecule has 3 heterocycles. The molecule has 5 rings (SSSR count). The summed E-state index contributed by atoms with van der Waals surface area (Å²) in [6.07, 6.45) is 2.19. The van der Waals surface area contributed by atoms with E-state index in [1.165, 1.54) is 0 Å². The maximum Gasteiger partial charge on any atom is 0.307 e. The zero-order chi connectivity index (χ0) is 20.0. The van der Waals surface area contributed by atoms with Crippen molar-refractivity contribution in [1.29, 1.82) is 0 Å². The summed E-state index contributed by atoms with van der Waals surface area (Å²) in [4.78, 5) is 26.6. The van der Waals surface area contributed by atoms with Gasteiger partial charge in [0.05, 0.1) is 17.2 Å². The number of rotatable bonds is 3. The fourth-order valence-corrected chi connectivity index (χ4v) is 4.44. The SMILES string of the molecule is O=C(O)Cc1ccc2oc3ccc(C4CCN5CCCNC5N4)cc3c(=O)c2c1. The molecule has 0 saturated carbocycles. The van der Waals surface area contributed by atoms with Gasteiger partial charge in [0, 0.05) is 19.1 Å². The Kier molecular flexibility index (Phi) is 4.58. The molecule has 3 N–H and O–H groups in total. The molecule has 2 aromatic carbocycles. The minimum Gasteiger partial charge on any atom is -0.481 e. The Morgan fingerprint density at radius 3 is 2.76 bits per heavy atom. The molecule has 0 spiro atoms. The number of nitrogens with zero attached hydrogens (tertiary/aromatic N) is 1. The van der Waals surface area contributed by atoms with Crippen LogP contribution in [0.2, 0.25) is 0 Å². The van der Waals surface area contributed by atoms with Crippen molar-refractivity contribution < 1.29 is 14.3 Å². The molecular weight excluding hydrogens is 370 g/mol. The van der Waals surface area contributed by atoms with E-state index in [-0.39, 0.29) is 24.2 Å². The van der Waals surface area contributed by atoms with Crippen molar-refractivity contribution in [3.05, 3.63) is 57.7 Å². The molecule has 2 aliphatic heterocycles. The lowest BCUT2D eigenvalue weighted by molar-refractivity contribution is -0.136. The maximum absolute atomic E-state index is 13.1. The highest BCUT2D eigenvalue weighted by Crippen LogP contribution is 2.27. The number of carboxylic acids is 1. The van der Waals surface area contributed by atoms with E-state index in [0.717, 1.165) is 38.0 Å². The number of carboxylic acid groups (broad SMARTS) is 1. The molecule has 2 fully saturated rings. The number of carbonyl (C=O) groups is 1. The Bertz CT molecular complexity index is 1160. The highest BCUT2D eigenvalue weighted by atomic mass is 16.4. The van der Waals surface area contributed by atoms with E-state index in [0.29, 0.717) is 27.5 Å². The summed E-state index contributed by atoms with van der Waals surface area (Å²) in [5, 5.41) is 17.1. The average Bonchev–Trinajstić information content (AvgIpc) is 2.73. The van der Waals surface area contributed by atoms with Crippen molar-refractivity contribution in [2.45, 2.75) is 31.6 Å². The second kappa shape index (κ2) is 7.26. The minimum absolute atomic E-state index is 0.121. The van der Waals surface area contributed by atoms with Crippen molar-refractivity contribution in [2.24, 2.45) is 0 Å². The van der Waals surface area contributed by atoms with E-state index >= 15 is 0 Å². The van der Waals surface area contributed by atoms with E-state index in [9.17, 15) is 9.59 Å². The third-order valence-corrected chi connectivity index (χ3v) is 5.90. The Labute approximate surface area is 167 Å². The van der Waals surface area contributed by atoms with Crippen LogP contribution in [0.4, 0.5) is 0 Å². The Hall–Kier alpha value is -2.74. The Balaban J connectivity index is 1.53. The van der Waals surface area contributed by atoms with Crippen molar-refractivity contribution in [2.75, 3.05) is 19.6 Å². The minimum atomic E-state index is -0.925. The summed E-state index contributed by atoms with van der Waals surface area (Å²) in [5.74, 6) is -0.925. The molecule has 150 valence electrons. The third kappa shape index (κ3) is 3.42. The van der Waals surface area contributed by atoms with Crippen LogP contribution in [-0.2, 0) is 11.2 Å². The van der Waals surface area contributed by atoms with Crippen LogP contribution in [0, 0.1) is 0 Å². The molecule has 2 aliphatic rings. The van der Waals surface area contributed by atoms with Crippen LogP contribution in [0.3, 0.4) is 0 Å². The highest BCUT2D eigenvalue weighted by molar-refractivity contribution is 5.90. The van der Waals surface area contributed by atoms with Crippen LogP contribution in [0.5, 0.6) is 0 Å². The fourth-order valence-electron chi connectivity index (χ4n) is 4.44. The summed E-state index contributed by atoms with van der Waals surface area (Å²) >= 11 is 0. The highest BCUT2D eigenvalue weighted by Gasteiger charge is 2.30. The van der Waals surface area contributed by atoms with Gasteiger partial charge in [0.15, 0.2) is 0 Å². The third-order valence-electron chi connectivity index (χ3n) is 5.90. The van der Waals surface area contributed by atoms with E-state index in [1.807, 2.05) is 18.2 Å². The van der Waals surface area contributed by atoms with E-state index in [4.69, 9.17) is 9.52 Å². The zero-order valence-corrected chi connectivity index (χ0v) is 16.0. The van der Waals surface area contributed by atoms with Gasteiger partial charge in [-0.15, -0.1) is 0 Å². The predicted octanol–water partition coefficient (Wildman–Crippen LogP) is 2.19. The maximum atomic E-state index is 13.1. The lowest BCUT2D eigenvalue weighted by Crippen LogP contribution is -2.62. The number of benzene rings is 2. The van der Waals surface area contributed by atoms with Gasteiger partial charge in [0.1, 0.15) is 17.5 Å². The number of hydrogen-bond donors (Lipinski definition) is 3. The molecule has 2 saturated heterocycles. The van der Waals surface area contributed by atoms with E-state index in [1.54, 1.807) is 18.2 Å². The summed E-state index contributed by atoms with van der Waals surface area (Å²) < 4.78 is 5.93. The summed E-state index contributed by atoms with van der Waals surface area (Å²) in [7, 11) is 0. The van der Waals surface area contributed by atoms with Crippen molar-refractivity contribution in [3.8, 4) is 0 Å². The Morgan fingerprint density at radius 1 is 1.14 bits per heavy atom. The van der Waals surface area contributed by atoms with Gasteiger partial charge >= 0.3 is 5.97 Å². The van der Waals surface area contributed by atoms with E-state index < -0.39 is 5.97 Å². The number of nitrogens with one attached hydrogen (secondary N) is 2. The second-order valence-corrected chi connectivity index (χ2v) is 7.84. The van der Waals surface area contributed by atoms with Crippen LogP contribution >= 0.6 is 0 Å². The van der Waals surface area contributed by atoms with Gasteiger partial charge in [-0.3, -0.25) is 25.1 Å². The summed E-state index contributed by atoms with van der Waals surface area (Å²) in [6, 6.07) is 11.0. The molecule has 0 bridgehead atoms. The first-order valence-corrected chi connectivity index (χ1v) is 10.0. The molecule has 3 aromatic rings. The number of hydrogen-bond acceptors (Lipinski definition) is 6. The number of fused-ring (bicyclic) bond motifs is 3. The van der Waals surface area contributed by atoms with Crippen molar-refractivity contribution in [3.63, 3.8) is 0 Å². The van der Waals surface area contributed by atoms with Crippen LogP contribution < -0.4 is 16.1 Å². The van der Waals surface area contributed by atoms with Gasteiger partial charge < -0.3 is 9.52 Å². The van der Waals surface area contributed by atoms with E-state index in [2.05, 4.69) is 15.5 Å². The van der Waals surface area contributed by atoms with Crippen LogP contribution in [0.25, 0.3) is 21.9 Å². The summed E-state index contributed by atoms with van der Waals surface area (Å²) in [5.41, 5.74) is 2.55. The molecule has 7 heteroatoms. The van der Waals surface area contributed by atoms with Gasteiger partial charge in [-0.05, 0) is 54.8 Å². The molecular formula is C22H23N3O4. The first kappa shape index (κ1) is 18.3. The fraction of sp³-hybridized carbons (Fsp3) is 0.364. The zero-order valence-electron chi connectivity index (χ0n) is 16.0. The summed E-state index contributed by atoms with van der Waals surface area (Å²) in [6.45, 7) is 3.12. The van der Waals surface area contributed by atoms with Crippen LogP contribution in [0.1, 0.15) is 30.0 Å². The van der Waals surface area contributed by atoms with Crippen molar-refractivity contribution in [1.82, 2.24) is 15.5 Å². The van der Waals surface area contributed by atoms with Gasteiger partial charge in [-0.1, -0.05) is 12.1 Å². The normalized spacial score (nSPS) is 22.6. The number of aliphatic carboxylic acids is 1. The predicted molar refractivity (Wildman–Crippen MR) is 110 cm³/mol.